The van der Waals surface area contributed by atoms with Gasteiger partial charge in [-0.15, -0.1) is 0 Å². The Labute approximate surface area is 161 Å². The summed E-state index contributed by atoms with van der Waals surface area (Å²) in [6.07, 6.45) is 1.70. The lowest BCUT2D eigenvalue weighted by molar-refractivity contribution is -0.0440. The molecule has 150 valence electrons. The molecule has 4 atom stereocenters. The molecule has 4 unspecified atom stereocenters. The lowest BCUT2D eigenvalue weighted by atomic mass is 9.99. The number of nitrogens with one attached hydrogen (secondary N) is 2. The third-order valence-corrected chi connectivity index (χ3v) is 7.06. The van der Waals surface area contributed by atoms with Crippen LogP contribution in [0, 0.1) is 0 Å². The van der Waals surface area contributed by atoms with Gasteiger partial charge in [0.25, 0.3) is 5.91 Å². The number of rotatable bonds is 4. The molecule has 0 aromatic heterocycles. The number of morpholine rings is 1. The molecule has 1 aromatic carbocycles. The summed E-state index contributed by atoms with van der Waals surface area (Å²) in [4.78, 5) is 12.7. The minimum absolute atomic E-state index is 0.0889. The van der Waals surface area contributed by atoms with E-state index in [0.29, 0.717) is 18.7 Å². The molecule has 2 saturated heterocycles. The van der Waals surface area contributed by atoms with E-state index in [2.05, 4.69) is 17.6 Å². The summed E-state index contributed by atoms with van der Waals surface area (Å²) in [5.41, 5.74) is 0.468. The molecular formula is C19H29N3O4S. The Hall–Kier alpha value is -1.48. The predicted octanol–water partition coefficient (Wildman–Crippen LogP) is 1.35. The summed E-state index contributed by atoms with van der Waals surface area (Å²) >= 11 is 0. The average molecular weight is 396 g/mol. The van der Waals surface area contributed by atoms with Gasteiger partial charge in [0.05, 0.1) is 17.1 Å². The Balaban J connectivity index is 1.69. The van der Waals surface area contributed by atoms with Gasteiger partial charge < -0.3 is 15.4 Å². The number of benzene rings is 1. The van der Waals surface area contributed by atoms with Gasteiger partial charge in [-0.2, -0.15) is 4.31 Å². The second-order valence-electron chi connectivity index (χ2n) is 7.57. The van der Waals surface area contributed by atoms with Crippen LogP contribution in [-0.2, 0) is 14.8 Å². The van der Waals surface area contributed by atoms with Crippen molar-refractivity contribution < 1.29 is 17.9 Å². The van der Waals surface area contributed by atoms with Crippen LogP contribution in [0.2, 0.25) is 0 Å². The number of hydrogen-bond donors (Lipinski definition) is 2. The number of hydrogen-bond acceptors (Lipinski definition) is 5. The Morgan fingerprint density at radius 2 is 1.78 bits per heavy atom. The molecule has 2 fully saturated rings. The van der Waals surface area contributed by atoms with Gasteiger partial charge in [-0.1, -0.05) is 0 Å². The van der Waals surface area contributed by atoms with E-state index < -0.39 is 10.0 Å². The van der Waals surface area contributed by atoms with E-state index in [4.69, 9.17) is 4.74 Å². The fraction of sp³-hybridized carbons (Fsp3) is 0.632. The highest BCUT2D eigenvalue weighted by atomic mass is 32.2. The molecule has 0 aliphatic carbocycles. The Morgan fingerprint density at radius 1 is 1.15 bits per heavy atom. The number of amides is 1. The molecule has 1 amide bonds. The van der Waals surface area contributed by atoms with Crippen molar-refractivity contribution in [2.75, 3.05) is 19.6 Å². The second-order valence-corrected chi connectivity index (χ2v) is 9.51. The molecule has 8 heteroatoms. The second kappa shape index (κ2) is 8.26. The maximum Gasteiger partial charge on any atom is 0.251 e. The van der Waals surface area contributed by atoms with Crippen LogP contribution in [0.4, 0.5) is 0 Å². The lowest BCUT2D eigenvalue weighted by Crippen LogP contribution is -2.51. The molecule has 2 aliphatic heterocycles. The van der Waals surface area contributed by atoms with Crippen molar-refractivity contribution in [1.29, 1.82) is 0 Å². The Bertz CT molecular complexity index is 756. The molecular weight excluding hydrogens is 366 g/mol. The smallest absolute Gasteiger partial charge is 0.251 e. The largest absolute Gasteiger partial charge is 0.373 e. The van der Waals surface area contributed by atoms with E-state index >= 15 is 0 Å². The lowest BCUT2D eigenvalue weighted by Gasteiger charge is -2.34. The molecule has 0 radical (unpaired) electrons. The Morgan fingerprint density at radius 3 is 2.37 bits per heavy atom. The first-order chi connectivity index (χ1) is 12.8. The van der Waals surface area contributed by atoms with Gasteiger partial charge in [-0.25, -0.2) is 8.42 Å². The molecule has 1 aromatic rings. The van der Waals surface area contributed by atoms with E-state index in [0.717, 1.165) is 19.4 Å². The molecule has 3 rings (SSSR count). The quantitative estimate of drug-likeness (QED) is 0.804. The number of carbonyl (C=O) groups is 1. The zero-order valence-electron chi connectivity index (χ0n) is 16.1. The minimum Gasteiger partial charge on any atom is -0.373 e. The van der Waals surface area contributed by atoms with Crippen molar-refractivity contribution in [3.8, 4) is 0 Å². The third kappa shape index (κ3) is 4.68. The highest BCUT2D eigenvalue weighted by molar-refractivity contribution is 7.89. The highest BCUT2D eigenvalue weighted by Crippen LogP contribution is 2.21. The van der Waals surface area contributed by atoms with Crippen molar-refractivity contribution in [3.05, 3.63) is 29.8 Å². The predicted molar refractivity (Wildman–Crippen MR) is 103 cm³/mol. The third-order valence-electron chi connectivity index (χ3n) is 5.22. The van der Waals surface area contributed by atoms with Crippen LogP contribution in [0.25, 0.3) is 0 Å². The van der Waals surface area contributed by atoms with Gasteiger partial charge in [-0.05, 0) is 64.4 Å². The fourth-order valence-corrected chi connectivity index (χ4v) is 5.34. The fourth-order valence-electron chi connectivity index (χ4n) is 3.75. The van der Waals surface area contributed by atoms with Gasteiger partial charge >= 0.3 is 0 Å². The van der Waals surface area contributed by atoms with Crippen LogP contribution in [0.5, 0.6) is 0 Å². The number of ether oxygens (including phenoxy) is 1. The van der Waals surface area contributed by atoms with Gasteiger partial charge in [0, 0.05) is 30.7 Å². The summed E-state index contributed by atoms with van der Waals surface area (Å²) in [6.45, 7) is 7.44. The van der Waals surface area contributed by atoms with E-state index in [1.54, 1.807) is 12.1 Å². The van der Waals surface area contributed by atoms with Crippen LogP contribution in [0.3, 0.4) is 0 Å². The van der Waals surface area contributed by atoms with E-state index in [1.807, 2.05) is 13.8 Å². The molecule has 2 aliphatic rings. The first-order valence-electron chi connectivity index (χ1n) is 9.57. The molecule has 0 spiro atoms. The van der Waals surface area contributed by atoms with Crippen molar-refractivity contribution >= 4 is 15.9 Å². The zero-order chi connectivity index (χ0) is 19.6. The zero-order valence-corrected chi connectivity index (χ0v) is 17.0. The van der Waals surface area contributed by atoms with Crippen LogP contribution in [-0.4, -0.2) is 62.6 Å². The van der Waals surface area contributed by atoms with E-state index in [-0.39, 0.29) is 35.1 Å². The molecule has 0 bridgehead atoms. The van der Waals surface area contributed by atoms with Gasteiger partial charge in [-0.3, -0.25) is 4.79 Å². The van der Waals surface area contributed by atoms with E-state index in [9.17, 15) is 13.2 Å². The van der Waals surface area contributed by atoms with Crippen LogP contribution in [0.1, 0.15) is 44.0 Å². The number of sulfonamides is 1. The normalized spacial score (nSPS) is 30.0. The monoisotopic (exact) mass is 395 g/mol. The maximum atomic E-state index is 12.9. The first-order valence-corrected chi connectivity index (χ1v) is 11.0. The van der Waals surface area contributed by atoms with Crippen LogP contribution >= 0.6 is 0 Å². The average Bonchev–Trinajstić information content (AvgIpc) is 2.63. The van der Waals surface area contributed by atoms with Crippen LogP contribution < -0.4 is 10.6 Å². The summed E-state index contributed by atoms with van der Waals surface area (Å²) < 4.78 is 32.8. The maximum absolute atomic E-state index is 12.9. The molecule has 0 saturated carbocycles. The summed E-state index contributed by atoms with van der Waals surface area (Å²) in [7, 11) is -3.59. The number of piperidine rings is 1. The topological polar surface area (TPSA) is 87.7 Å². The minimum atomic E-state index is -3.59. The van der Waals surface area contributed by atoms with Gasteiger partial charge in [0.1, 0.15) is 0 Å². The molecule has 7 nitrogen and oxygen atoms in total. The Kier molecular flexibility index (Phi) is 6.20. The highest BCUT2D eigenvalue weighted by Gasteiger charge is 2.32. The van der Waals surface area contributed by atoms with Crippen molar-refractivity contribution in [3.63, 3.8) is 0 Å². The van der Waals surface area contributed by atoms with Crippen LogP contribution in [0.15, 0.2) is 29.2 Å². The summed E-state index contributed by atoms with van der Waals surface area (Å²) in [5, 5.41) is 6.39. The molecule has 27 heavy (non-hydrogen) atoms. The van der Waals surface area contributed by atoms with E-state index in [1.165, 1.54) is 16.4 Å². The molecule has 2 N–H and O–H groups in total. The summed E-state index contributed by atoms with van der Waals surface area (Å²) in [5.74, 6) is -0.173. The number of carbonyl (C=O) groups excluding carboxylic acids is 1. The molecule has 2 heterocycles. The standard InChI is InChI=1S/C19H29N3O4S/c1-13-11-22(12-14(2)26-13)27(24,25)17-8-6-16(7-9-17)19(23)21-18-5-4-10-20-15(18)3/h6-9,13-15,18,20H,4-5,10-12H2,1-3H3,(H,21,23). The first kappa shape index (κ1) is 20.3. The van der Waals surface area contributed by atoms with Crippen molar-refractivity contribution in [2.45, 2.75) is 62.8 Å². The SMILES string of the molecule is CC1CN(S(=O)(=O)c2ccc(C(=O)NC3CCCNC3C)cc2)CC(C)O1. The summed E-state index contributed by atoms with van der Waals surface area (Å²) in [6, 6.07) is 6.50. The van der Waals surface area contributed by atoms with Gasteiger partial charge in [0.15, 0.2) is 0 Å². The number of nitrogens with zero attached hydrogens (tertiary/aromatic N) is 1. The van der Waals surface area contributed by atoms with Crippen molar-refractivity contribution in [1.82, 2.24) is 14.9 Å². The van der Waals surface area contributed by atoms with Crippen molar-refractivity contribution in [2.24, 2.45) is 0 Å². The van der Waals surface area contributed by atoms with Gasteiger partial charge in [0.2, 0.25) is 10.0 Å².